The van der Waals surface area contributed by atoms with Crippen LogP contribution < -0.4 is 10.9 Å². The highest BCUT2D eigenvalue weighted by atomic mass is 32.2. The van der Waals surface area contributed by atoms with Gasteiger partial charge >= 0.3 is 5.91 Å². The van der Waals surface area contributed by atoms with Gasteiger partial charge in [-0.25, -0.2) is 8.42 Å². The van der Waals surface area contributed by atoms with Gasteiger partial charge in [-0.3, -0.25) is 20.4 Å². The first-order valence-corrected chi connectivity index (χ1v) is 11.8. The van der Waals surface area contributed by atoms with E-state index in [9.17, 15) is 18.0 Å². The lowest BCUT2D eigenvalue weighted by molar-refractivity contribution is -0.126. The first kappa shape index (κ1) is 20.6. The third-order valence-electron chi connectivity index (χ3n) is 5.26. The normalized spacial score (nSPS) is 15.9. The molecule has 0 unspecified atom stereocenters. The van der Waals surface area contributed by atoms with E-state index in [-0.39, 0.29) is 30.7 Å². The van der Waals surface area contributed by atoms with Gasteiger partial charge in [0.05, 0.1) is 0 Å². The van der Waals surface area contributed by atoms with Crippen LogP contribution in [0.4, 0.5) is 0 Å². The summed E-state index contributed by atoms with van der Waals surface area (Å²) < 4.78 is 32.4. The van der Waals surface area contributed by atoms with E-state index in [1.54, 1.807) is 30.5 Å². The molecule has 2 amide bonds. The maximum absolute atomic E-state index is 12.6. The number of benzene rings is 1. The maximum atomic E-state index is 12.6. The average molecular weight is 448 g/mol. The van der Waals surface area contributed by atoms with Crippen LogP contribution in [0.2, 0.25) is 0 Å². The van der Waals surface area contributed by atoms with Gasteiger partial charge in [-0.1, -0.05) is 24.3 Å². The molecule has 1 aliphatic rings. The fourth-order valence-corrected chi connectivity index (χ4v) is 6.18. The van der Waals surface area contributed by atoms with Crippen LogP contribution in [-0.4, -0.2) is 37.6 Å². The number of para-hydroxylation sites is 1. The Hall–Kier alpha value is -2.69. The molecule has 0 atom stereocenters. The van der Waals surface area contributed by atoms with Crippen LogP contribution >= 0.6 is 11.3 Å². The molecule has 1 aliphatic heterocycles. The number of fused-ring (bicyclic) bond motifs is 1. The Labute approximate surface area is 177 Å². The van der Waals surface area contributed by atoms with E-state index in [2.05, 4.69) is 10.9 Å². The molecule has 3 aromatic rings. The molecule has 0 radical (unpaired) electrons. The fraction of sp³-hybridized carbons (Fsp3) is 0.300. The predicted molar refractivity (Wildman–Crippen MR) is 112 cm³/mol. The summed E-state index contributed by atoms with van der Waals surface area (Å²) in [6.07, 6.45) is 0.770. The number of hydrogen-bond donors (Lipinski definition) is 2. The molecular formula is C20H21N3O5S2. The standard InChI is InChI=1S/C20H21N3O5S2/c1-13-15-5-2-3-6-16(15)28-18(13)20(25)22-21-19(24)14-8-10-23(11-9-14)30(26,27)17-7-4-12-29-17/h2-7,12,14H,8-11H2,1H3,(H,21,24)(H,22,25). The number of carbonyl (C=O) groups excluding carboxylic acids is 2. The molecule has 0 saturated carbocycles. The Bertz CT molecular complexity index is 1180. The maximum Gasteiger partial charge on any atom is 0.305 e. The van der Waals surface area contributed by atoms with Crippen molar-refractivity contribution in [3.63, 3.8) is 0 Å². The minimum absolute atomic E-state index is 0.147. The van der Waals surface area contributed by atoms with E-state index >= 15 is 0 Å². The summed E-state index contributed by atoms with van der Waals surface area (Å²) in [5.74, 6) is -1.11. The summed E-state index contributed by atoms with van der Waals surface area (Å²) in [7, 11) is -3.51. The van der Waals surface area contributed by atoms with E-state index in [0.29, 0.717) is 28.2 Å². The molecule has 1 fully saturated rings. The fourth-order valence-electron chi connectivity index (χ4n) is 3.56. The van der Waals surface area contributed by atoms with E-state index in [1.807, 2.05) is 18.2 Å². The van der Waals surface area contributed by atoms with Crippen LogP contribution in [0.25, 0.3) is 11.0 Å². The molecule has 30 heavy (non-hydrogen) atoms. The first-order chi connectivity index (χ1) is 14.4. The van der Waals surface area contributed by atoms with Crippen LogP contribution in [0.3, 0.4) is 0 Å². The van der Waals surface area contributed by atoms with Gasteiger partial charge in [0.15, 0.2) is 5.76 Å². The number of nitrogens with one attached hydrogen (secondary N) is 2. The highest BCUT2D eigenvalue weighted by molar-refractivity contribution is 7.91. The number of nitrogens with zero attached hydrogens (tertiary/aromatic N) is 1. The van der Waals surface area contributed by atoms with Gasteiger partial charge in [0.25, 0.3) is 10.0 Å². The molecule has 0 aliphatic carbocycles. The minimum atomic E-state index is -3.51. The van der Waals surface area contributed by atoms with E-state index in [1.165, 1.54) is 15.6 Å². The monoisotopic (exact) mass is 447 g/mol. The van der Waals surface area contributed by atoms with Crippen LogP contribution in [-0.2, 0) is 14.8 Å². The molecule has 1 aromatic carbocycles. The number of amides is 2. The lowest BCUT2D eigenvalue weighted by atomic mass is 9.98. The number of hydrazine groups is 1. The van der Waals surface area contributed by atoms with Crippen molar-refractivity contribution in [2.24, 2.45) is 5.92 Å². The molecular weight excluding hydrogens is 426 g/mol. The second-order valence-electron chi connectivity index (χ2n) is 7.11. The van der Waals surface area contributed by atoms with Crippen molar-refractivity contribution in [1.29, 1.82) is 0 Å². The lowest BCUT2D eigenvalue weighted by Crippen LogP contribution is -2.48. The zero-order valence-corrected chi connectivity index (χ0v) is 17.9. The molecule has 2 aromatic heterocycles. The highest BCUT2D eigenvalue weighted by Crippen LogP contribution is 2.27. The summed E-state index contributed by atoms with van der Waals surface area (Å²) in [5, 5.41) is 2.56. The Balaban J connectivity index is 1.33. The van der Waals surface area contributed by atoms with Crippen LogP contribution in [0.1, 0.15) is 29.0 Å². The number of aryl methyl sites for hydroxylation is 1. The number of carbonyl (C=O) groups is 2. The Kier molecular flexibility index (Phi) is 5.63. The van der Waals surface area contributed by atoms with Crippen molar-refractivity contribution in [2.75, 3.05) is 13.1 Å². The van der Waals surface area contributed by atoms with Crippen molar-refractivity contribution < 1.29 is 22.4 Å². The van der Waals surface area contributed by atoms with Crippen molar-refractivity contribution in [3.8, 4) is 0 Å². The number of thiophene rings is 1. The number of sulfonamides is 1. The van der Waals surface area contributed by atoms with Crippen molar-refractivity contribution in [2.45, 2.75) is 24.0 Å². The number of rotatable bonds is 4. The number of hydrogen-bond acceptors (Lipinski definition) is 6. The minimum Gasteiger partial charge on any atom is -0.451 e. The lowest BCUT2D eigenvalue weighted by Gasteiger charge is -2.30. The SMILES string of the molecule is Cc1c(C(=O)NNC(=O)C2CCN(S(=O)(=O)c3cccs3)CC2)oc2ccccc12. The average Bonchev–Trinajstić information content (AvgIpc) is 3.41. The van der Waals surface area contributed by atoms with Gasteiger partial charge in [0.2, 0.25) is 5.91 Å². The summed E-state index contributed by atoms with van der Waals surface area (Å²) in [6.45, 7) is 2.30. The van der Waals surface area contributed by atoms with Crippen molar-refractivity contribution in [3.05, 3.63) is 53.1 Å². The van der Waals surface area contributed by atoms with E-state index in [0.717, 1.165) is 5.39 Å². The summed E-state index contributed by atoms with van der Waals surface area (Å²) >= 11 is 1.18. The number of furan rings is 1. The van der Waals surface area contributed by atoms with Crippen LogP contribution in [0, 0.1) is 12.8 Å². The van der Waals surface area contributed by atoms with Crippen LogP contribution in [0.15, 0.2) is 50.4 Å². The quantitative estimate of drug-likeness (QED) is 0.598. The summed E-state index contributed by atoms with van der Waals surface area (Å²) in [6, 6.07) is 10.6. The van der Waals surface area contributed by atoms with Crippen molar-refractivity contribution >= 4 is 44.1 Å². The molecule has 158 valence electrons. The van der Waals surface area contributed by atoms with Gasteiger partial charge in [-0.2, -0.15) is 4.31 Å². The van der Waals surface area contributed by atoms with Crippen molar-refractivity contribution in [1.82, 2.24) is 15.2 Å². The second kappa shape index (κ2) is 8.21. The summed E-state index contributed by atoms with van der Waals surface area (Å²) in [4.78, 5) is 24.9. The number of piperidine rings is 1. The Morgan fingerprint density at radius 3 is 2.50 bits per heavy atom. The molecule has 0 spiro atoms. The molecule has 2 N–H and O–H groups in total. The molecule has 4 rings (SSSR count). The van der Waals surface area contributed by atoms with Gasteiger partial charge in [-0.05, 0) is 37.3 Å². The summed E-state index contributed by atoms with van der Waals surface area (Å²) in [5.41, 5.74) is 6.14. The van der Waals surface area contributed by atoms with E-state index in [4.69, 9.17) is 4.42 Å². The second-order valence-corrected chi connectivity index (χ2v) is 10.2. The predicted octanol–water partition coefficient (Wildman–Crippen LogP) is 2.66. The molecule has 8 nitrogen and oxygen atoms in total. The molecule has 1 saturated heterocycles. The van der Waals surface area contributed by atoms with Gasteiger partial charge in [-0.15, -0.1) is 11.3 Å². The van der Waals surface area contributed by atoms with Crippen LogP contribution in [0.5, 0.6) is 0 Å². The first-order valence-electron chi connectivity index (χ1n) is 9.50. The van der Waals surface area contributed by atoms with Gasteiger partial charge < -0.3 is 4.42 Å². The third-order valence-corrected chi connectivity index (χ3v) is 8.53. The van der Waals surface area contributed by atoms with Gasteiger partial charge in [0, 0.05) is 30.0 Å². The Morgan fingerprint density at radius 2 is 1.83 bits per heavy atom. The largest absolute Gasteiger partial charge is 0.451 e. The smallest absolute Gasteiger partial charge is 0.305 e. The van der Waals surface area contributed by atoms with Gasteiger partial charge in [0.1, 0.15) is 9.79 Å². The zero-order chi connectivity index (χ0) is 21.3. The highest BCUT2D eigenvalue weighted by Gasteiger charge is 2.32. The molecule has 0 bridgehead atoms. The third kappa shape index (κ3) is 3.85. The Morgan fingerprint density at radius 1 is 1.10 bits per heavy atom. The molecule has 10 heteroatoms. The topological polar surface area (TPSA) is 109 Å². The van der Waals surface area contributed by atoms with E-state index < -0.39 is 15.9 Å². The zero-order valence-electron chi connectivity index (χ0n) is 16.3. The molecule has 3 heterocycles.